The number of hydrogen-bond donors (Lipinski definition) is 2. The lowest BCUT2D eigenvalue weighted by atomic mass is 10.4. The van der Waals surface area contributed by atoms with Crippen LogP contribution in [0.5, 0.6) is 0 Å². The molecule has 0 aliphatic rings. The zero-order chi connectivity index (χ0) is 14.1. The maximum atomic E-state index is 11.5. The molecule has 2 amide bonds. The topological polar surface area (TPSA) is 58.2 Å². The number of carbonyl (C=O) groups excluding carboxylic acids is 2. The zero-order valence-electron chi connectivity index (χ0n) is 10.7. The molecule has 1 aromatic carbocycles. The summed E-state index contributed by atoms with van der Waals surface area (Å²) in [5.74, 6) is 0.421. The summed E-state index contributed by atoms with van der Waals surface area (Å²) in [5, 5.41) is 5.22. The van der Waals surface area contributed by atoms with Crippen molar-refractivity contribution in [3.63, 3.8) is 0 Å². The van der Waals surface area contributed by atoms with E-state index in [9.17, 15) is 9.59 Å². The maximum Gasteiger partial charge on any atom is 0.239 e. The van der Waals surface area contributed by atoms with Crippen LogP contribution in [0.3, 0.4) is 0 Å². The van der Waals surface area contributed by atoms with Crippen molar-refractivity contribution in [2.24, 2.45) is 0 Å². The molecule has 104 valence electrons. The molecule has 0 unspecified atom stereocenters. The fourth-order valence-corrected chi connectivity index (χ4v) is 2.86. The van der Waals surface area contributed by atoms with Gasteiger partial charge in [0.15, 0.2) is 0 Å². The van der Waals surface area contributed by atoms with Crippen LogP contribution in [0.2, 0.25) is 0 Å². The van der Waals surface area contributed by atoms with Crippen molar-refractivity contribution in [1.29, 1.82) is 0 Å². The molecule has 0 fully saturated rings. The molecule has 0 saturated carbocycles. The second-order valence-corrected chi connectivity index (χ2v) is 5.75. The third-order valence-corrected chi connectivity index (χ3v) is 4.27. The van der Waals surface area contributed by atoms with E-state index in [0.29, 0.717) is 18.7 Å². The van der Waals surface area contributed by atoms with Gasteiger partial charge < -0.3 is 10.6 Å². The predicted molar refractivity (Wildman–Crippen MR) is 81.2 cm³/mol. The van der Waals surface area contributed by atoms with Gasteiger partial charge in [-0.3, -0.25) is 9.59 Å². The van der Waals surface area contributed by atoms with Crippen LogP contribution in [-0.2, 0) is 9.59 Å². The van der Waals surface area contributed by atoms with Crippen molar-refractivity contribution in [3.8, 4) is 0 Å². The normalized spacial score (nSPS) is 10.0. The third kappa shape index (κ3) is 6.63. The van der Waals surface area contributed by atoms with Gasteiger partial charge in [0.25, 0.3) is 0 Å². The van der Waals surface area contributed by atoms with Crippen LogP contribution in [0, 0.1) is 0 Å². The molecule has 4 nitrogen and oxygen atoms in total. The van der Waals surface area contributed by atoms with Gasteiger partial charge in [0.2, 0.25) is 11.8 Å². The second-order valence-electron chi connectivity index (χ2n) is 3.76. The lowest BCUT2D eigenvalue weighted by Crippen LogP contribution is -2.36. The van der Waals surface area contributed by atoms with Crippen LogP contribution >= 0.6 is 27.7 Å². The van der Waals surface area contributed by atoms with E-state index >= 15 is 0 Å². The summed E-state index contributed by atoms with van der Waals surface area (Å²) in [6.45, 7) is 2.47. The van der Waals surface area contributed by atoms with Gasteiger partial charge in [0.05, 0.1) is 6.54 Å². The van der Waals surface area contributed by atoms with Crippen LogP contribution in [0.4, 0.5) is 0 Å². The minimum Gasteiger partial charge on any atom is -0.355 e. The highest BCUT2D eigenvalue weighted by Crippen LogP contribution is 2.27. The Labute approximate surface area is 125 Å². The van der Waals surface area contributed by atoms with Gasteiger partial charge in [0.1, 0.15) is 0 Å². The molecule has 0 radical (unpaired) electrons. The Morgan fingerprint density at radius 2 is 1.95 bits per heavy atom. The van der Waals surface area contributed by atoms with E-state index in [0.717, 1.165) is 9.37 Å². The number of thioether (sulfide) groups is 1. The van der Waals surface area contributed by atoms with Crippen molar-refractivity contribution in [1.82, 2.24) is 10.6 Å². The summed E-state index contributed by atoms with van der Waals surface area (Å²) in [5.41, 5.74) is 0. The molecule has 0 aliphatic carbocycles. The average molecular weight is 345 g/mol. The largest absolute Gasteiger partial charge is 0.355 e. The molecule has 0 aliphatic heterocycles. The number of likely N-dealkylation sites (N-methyl/N-ethyl adjacent to an activating group) is 1. The fourth-order valence-electron chi connectivity index (χ4n) is 1.34. The van der Waals surface area contributed by atoms with Gasteiger partial charge in [-0.2, -0.15) is 0 Å². The van der Waals surface area contributed by atoms with Crippen molar-refractivity contribution < 1.29 is 9.59 Å². The lowest BCUT2D eigenvalue weighted by Gasteiger charge is -2.06. The highest BCUT2D eigenvalue weighted by Gasteiger charge is 2.05. The first kappa shape index (κ1) is 16.0. The zero-order valence-corrected chi connectivity index (χ0v) is 13.1. The second kappa shape index (κ2) is 8.98. The molecule has 0 bridgehead atoms. The Kier molecular flexibility index (Phi) is 7.59. The van der Waals surface area contributed by atoms with Gasteiger partial charge in [-0.15, -0.1) is 11.8 Å². The van der Waals surface area contributed by atoms with E-state index in [1.165, 1.54) is 0 Å². The number of nitrogens with one attached hydrogen (secondary N) is 2. The summed E-state index contributed by atoms with van der Waals surface area (Å²) in [6.07, 6.45) is 0.394. The SMILES string of the molecule is CCNC(=O)CNC(=O)CCSc1ccccc1Br. The number of rotatable bonds is 7. The van der Waals surface area contributed by atoms with E-state index < -0.39 is 0 Å². The Hall–Kier alpha value is -1.01. The molecule has 6 heteroatoms. The number of carbonyl (C=O) groups is 2. The Morgan fingerprint density at radius 3 is 2.63 bits per heavy atom. The highest BCUT2D eigenvalue weighted by molar-refractivity contribution is 9.10. The van der Waals surface area contributed by atoms with Crippen molar-refractivity contribution in [2.75, 3.05) is 18.8 Å². The number of amides is 2. The highest BCUT2D eigenvalue weighted by atomic mass is 79.9. The van der Waals surface area contributed by atoms with Crippen molar-refractivity contribution in [3.05, 3.63) is 28.7 Å². The summed E-state index contributed by atoms with van der Waals surface area (Å²) >= 11 is 5.07. The minimum absolute atomic E-state index is 0.0480. The van der Waals surface area contributed by atoms with Crippen LogP contribution in [0.1, 0.15) is 13.3 Å². The van der Waals surface area contributed by atoms with Crippen molar-refractivity contribution >= 4 is 39.5 Å². The predicted octanol–water partition coefficient (Wildman–Crippen LogP) is 2.18. The summed E-state index contributed by atoms with van der Waals surface area (Å²) in [7, 11) is 0. The van der Waals surface area contributed by atoms with Gasteiger partial charge in [-0.25, -0.2) is 0 Å². The standard InChI is InChI=1S/C13H17BrN2O2S/c1-2-15-13(18)9-16-12(17)7-8-19-11-6-4-3-5-10(11)14/h3-6H,2,7-9H2,1H3,(H,15,18)(H,16,17). The van der Waals surface area contributed by atoms with Crippen molar-refractivity contribution in [2.45, 2.75) is 18.2 Å². The molecule has 0 aromatic heterocycles. The molecular formula is C13H17BrN2O2S. The molecule has 0 saturated heterocycles. The molecule has 1 aromatic rings. The van der Waals surface area contributed by atoms with E-state index in [1.54, 1.807) is 11.8 Å². The van der Waals surface area contributed by atoms with E-state index in [-0.39, 0.29) is 18.4 Å². The van der Waals surface area contributed by atoms with Crippen LogP contribution in [0.25, 0.3) is 0 Å². The summed E-state index contributed by atoms with van der Waals surface area (Å²) in [6, 6.07) is 7.88. The quantitative estimate of drug-likeness (QED) is 0.745. The number of halogens is 1. The average Bonchev–Trinajstić information content (AvgIpc) is 2.39. The number of hydrogen-bond acceptors (Lipinski definition) is 3. The van der Waals surface area contributed by atoms with E-state index in [4.69, 9.17) is 0 Å². The Balaban J connectivity index is 2.21. The summed E-state index contributed by atoms with van der Waals surface area (Å²) in [4.78, 5) is 23.8. The first-order chi connectivity index (χ1) is 9.13. The molecule has 2 N–H and O–H groups in total. The van der Waals surface area contributed by atoms with Gasteiger partial charge in [-0.05, 0) is 35.0 Å². The lowest BCUT2D eigenvalue weighted by molar-refractivity contribution is -0.125. The molecular weight excluding hydrogens is 328 g/mol. The molecule has 0 heterocycles. The van der Waals surface area contributed by atoms with E-state index in [2.05, 4.69) is 26.6 Å². The monoisotopic (exact) mass is 344 g/mol. The Bertz CT molecular complexity index is 440. The summed E-state index contributed by atoms with van der Waals surface area (Å²) < 4.78 is 1.03. The molecule has 0 spiro atoms. The van der Waals surface area contributed by atoms with Gasteiger partial charge >= 0.3 is 0 Å². The van der Waals surface area contributed by atoms with Crippen LogP contribution in [-0.4, -0.2) is 30.7 Å². The molecule has 19 heavy (non-hydrogen) atoms. The third-order valence-electron chi connectivity index (χ3n) is 2.24. The van der Waals surface area contributed by atoms with Crippen LogP contribution in [0.15, 0.2) is 33.6 Å². The van der Waals surface area contributed by atoms with Gasteiger partial charge in [0, 0.05) is 28.1 Å². The van der Waals surface area contributed by atoms with E-state index in [1.807, 2.05) is 31.2 Å². The first-order valence-electron chi connectivity index (χ1n) is 6.04. The van der Waals surface area contributed by atoms with Gasteiger partial charge in [-0.1, -0.05) is 12.1 Å². The molecule has 1 rings (SSSR count). The maximum absolute atomic E-state index is 11.5. The minimum atomic E-state index is -0.158. The first-order valence-corrected chi connectivity index (χ1v) is 7.82. The van der Waals surface area contributed by atoms with Crippen LogP contribution < -0.4 is 10.6 Å². The smallest absolute Gasteiger partial charge is 0.239 e. The Morgan fingerprint density at radius 1 is 1.21 bits per heavy atom. The fraction of sp³-hybridized carbons (Fsp3) is 0.385. The molecule has 0 atom stereocenters. The number of benzene rings is 1.